The van der Waals surface area contributed by atoms with Crippen LogP contribution in [0.5, 0.6) is 0 Å². The van der Waals surface area contributed by atoms with Crippen molar-refractivity contribution >= 4 is 23.2 Å². The molecule has 0 aromatic heterocycles. The fourth-order valence-electron chi connectivity index (χ4n) is 2.20. The molecule has 0 aliphatic heterocycles. The van der Waals surface area contributed by atoms with Crippen LogP contribution in [-0.2, 0) is 6.42 Å². The summed E-state index contributed by atoms with van der Waals surface area (Å²) in [5.41, 5.74) is 2.10. The van der Waals surface area contributed by atoms with Crippen molar-refractivity contribution in [1.29, 1.82) is 0 Å². The summed E-state index contributed by atoms with van der Waals surface area (Å²) in [5.74, 6) is -0.439. The highest BCUT2D eigenvalue weighted by Crippen LogP contribution is 2.23. The number of hydrogen-bond donors (Lipinski definition) is 1. The number of benzene rings is 2. The van der Waals surface area contributed by atoms with Crippen LogP contribution in [0.25, 0.3) is 0 Å². The average Bonchev–Trinajstić information content (AvgIpc) is 2.54. The number of rotatable bonds is 5. The van der Waals surface area contributed by atoms with Gasteiger partial charge in [-0.25, -0.2) is 0 Å². The molecule has 0 radical (unpaired) electrons. The van der Waals surface area contributed by atoms with E-state index in [1.165, 1.54) is 23.8 Å². The molecule has 0 spiro atoms. The van der Waals surface area contributed by atoms with Crippen molar-refractivity contribution in [2.45, 2.75) is 26.3 Å². The van der Waals surface area contributed by atoms with Gasteiger partial charge in [0.1, 0.15) is 0 Å². The van der Waals surface area contributed by atoms with Crippen LogP contribution in [0, 0.1) is 10.1 Å². The van der Waals surface area contributed by atoms with Gasteiger partial charge >= 0.3 is 0 Å². The summed E-state index contributed by atoms with van der Waals surface area (Å²) >= 11 is 5.98. The van der Waals surface area contributed by atoms with E-state index >= 15 is 0 Å². The van der Waals surface area contributed by atoms with Gasteiger partial charge in [0.2, 0.25) is 0 Å². The molecule has 0 bridgehead atoms. The first-order chi connectivity index (χ1) is 10.9. The second-order valence-electron chi connectivity index (χ2n) is 5.21. The number of nitrogens with zero attached hydrogens (tertiary/aromatic N) is 1. The van der Waals surface area contributed by atoms with Crippen LogP contribution >= 0.6 is 11.6 Å². The van der Waals surface area contributed by atoms with Gasteiger partial charge in [0.25, 0.3) is 11.6 Å². The largest absolute Gasteiger partial charge is 0.345 e. The summed E-state index contributed by atoms with van der Waals surface area (Å²) in [6.45, 7) is 3.93. The molecular weight excluding hydrogens is 316 g/mol. The molecule has 5 nitrogen and oxygen atoms in total. The number of nitro benzene ring substituents is 1. The second kappa shape index (κ2) is 7.24. The third-order valence-corrected chi connectivity index (χ3v) is 3.97. The molecule has 23 heavy (non-hydrogen) atoms. The molecule has 0 aliphatic carbocycles. The molecule has 120 valence electrons. The van der Waals surface area contributed by atoms with Crippen molar-refractivity contribution in [3.8, 4) is 0 Å². The molecule has 0 heterocycles. The Kier molecular flexibility index (Phi) is 5.34. The lowest BCUT2D eigenvalue weighted by Crippen LogP contribution is -2.27. The normalized spacial score (nSPS) is 11.8. The van der Waals surface area contributed by atoms with E-state index in [0.29, 0.717) is 0 Å². The Morgan fingerprint density at radius 2 is 1.91 bits per heavy atom. The predicted molar refractivity (Wildman–Crippen MR) is 89.8 cm³/mol. The third kappa shape index (κ3) is 4.07. The highest BCUT2D eigenvalue weighted by Gasteiger charge is 2.18. The van der Waals surface area contributed by atoms with Gasteiger partial charge in [-0.1, -0.05) is 42.8 Å². The van der Waals surface area contributed by atoms with Crippen molar-refractivity contribution in [2.75, 3.05) is 0 Å². The van der Waals surface area contributed by atoms with Gasteiger partial charge in [-0.15, -0.1) is 0 Å². The Morgan fingerprint density at radius 3 is 2.48 bits per heavy atom. The fraction of sp³-hybridized carbons (Fsp3) is 0.235. The number of carbonyl (C=O) groups excluding carboxylic acids is 1. The van der Waals surface area contributed by atoms with Gasteiger partial charge in [0.15, 0.2) is 0 Å². The van der Waals surface area contributed by atoms with Crippen molar-refractivity contribution in [3.63, 3.8) is 0 Å². The van der Waals surface area contributed by atoms with Crippen LogP contribution in [0.4, 0.5) is 5.69 Å². The molecule has 2 aromatic carbocycles. The highest BCUT2D eigenvalue weighted by molar-refractivity contribution is 6.33. The summed E-state index contributed by atoms with van der Waals surface area (Å²) in [6, 6.07) is 11.5. The standard InChI is InChI=1S/C17H17ClN2O3/c1-3-12-4-6-13(7-5-12)11(2)19-17(21)15-10-14(20(22)23)8-9-16(15)18/h4-11H,3H2,1-2H3,(H,19,21). The molecular formula is C17H17ClN2O3. The molecule has 1 unspecified atom stereocenters. The lowest BCUT2D eigenvalue weighted by molar-refractivity contribution is -0.384. The van der Waals surface area contributed by atoms with E-state index in [2.05, 4.69) is 12.2 Å². The van der Waals surface area contributed by atoms with Crippen LogP contribution in [0.2, 0.25) is 5.02 Å². The van der Waals surface area contributed by atoms with E-state index in [0.717, 1.165) is 12.0 Å². The zero-order valence-corrected chi connectivity index (χ0v) is 13.6. The molecule has 2 rings (SSSR count). The average molecular weight is 333 g/mol. The topological polar surface area (TPSA) is 72.2 Å². The van der Waals surface area contributed by atoms with Crippen LogP contribution < -0.4 is 5.32 Å². The number of amides is 1. The smallest absolute Gasteiger partial charge is 0.270 e. The summed E-state index contributed by atoms with van der Waals surface area (Å²) in [4.78, 5) is 22.6. The Labute approximate surface area is 139 Å². The molecule has 0 saturated carbocycles. The maximum atomic E-state index is 12.3. The van der Waals surface area contributed by atoms with Gasteiger partial charge in [-0.05, 0) is 30.5 Å². The number of nitrogens with one attached hydrogen (secondary N) is 1. The van der Waals surface area contributed by atoms with E-state index in [1.807, 2.05) is 31.2 Å². The highest BCUT2D eigenvalue weighted by atomic mass is 35.5. The fourth-order valence-corrected chi connectivity index (χ4v) is 2.40. The molecule has 2 aromatic rings. The maximum Gasteiger partial charge on any atom is 0.270 e. The Bertz CT molecular complexity index is 729. The number of carbonyl (C=O) groups is 1. The van der Waals surface area contributed by atoms with Gasteiger partial charge in [0.05, 0.1) is 21.6 Å². The van der Waals surface area contributed by atoms with Crippen LogP contribution in [0.15, 0.2) is 42.5 Å². The van der Waals surface area contributed by atoms with E-state index in [9.17, 15) is 14.9 Å². The molecule has 0 saturated heterocycles. The van der Waals surface area contributed by atoms with E-state index in [-0.39, 0.29) is 22.3 Å². The molecule has 6 heteroatoms. The minimum Gasteiger partial charge on any atom is -0.345 e. The Balaban J connectivity index is 2.17. The number of aryl methyl sites for hydroxylation is 1. The van der Waals surface area contributed by atoms with Gasteiger partial charge in [-0.3, -0.25) is 14.9 Å². The minimum atomic E-state index is -0.556. The molecule has 1 N–H and O–H groups in total. The Hall–Kier alpha value is -2.40. The first kappa shape index (κ1) is 17.0. The van der Waals surface area contributed by atoms with Crippen molar-refractivity contribution in [1.82, 2.24) is 5.32 Å². The SMILES string of the molecule is CCc1ccc(C(C)NC(=O)c2cc([N+](=O)[O-])ccc2Cl)cc1. The van der Waals surface area contributed by atoms with Crippen LogP contribution in [-0.4, -0.2) is 10.8 Å². The van der Waals surface area contributed by atoms with Crippen LogP contribution in [0.3, 0.4) is 0 Å². The quantitative estimate of drug-likeness (QED) is 0.655. The molecule has 0 fully saturated rings. The number of nitro groups is 1. The number of halogens is 1. The van der Waals surface area contributed by atoms with Gasteiger partial charge < -0.3 is 5.32 Å². The second-order valence-corrected chi connectivity index (χ2v) is 5.62. The molecule has 1 amide bonds. The first-order valence-electron chi connectivity index (χ1n) is 7.26. The summed E-state index contributed by atoms with van der Waals surface area (Å²) < 4.78 is 0. The van der Waals surface area contributed by atoms with Gasteiger partial charge in [-0.2, -0.15) is 0 Å². The third-order valence-electron chi connectivity index (χ3n) is 3.64. The van der Waals surface area contributed by atoms with E-state index < -0.39 is 10.8 Å². The maximum absolute atomic E-state index is 12.3. The number of hydrogen-bond acceptors (Lipinski definition) is 3. The first-order valence-corrected chi connectivity index (χ1v) is 7.63. The molecule has 0 aliphatic rings. The van der Waals surface area contributed by atoms with Crippen molar-refractivity contribution in [3.05, 3.63) is 74.3 Å². The van der Waals surface area contributed by atoms with Crippen LogP contribution in [0.1, 0.15) is 41.4 Å². The number of non-ortho nitro benzene ring substituents is 1. The summed E-state index contributed by atoms with van der Waals surface area (Å²) in [5, 5.41) is 13.8. The van der Waals surface area contributed by atoms with Crippen molar-refractivity contribution < 1.29 is 9.72 Å². The monoisotopic (exact) mass is 332 g/mol. The minimum absolute atomic E-state index is 0.0953. The van der Waals surface area contributed by atoms with Gasteiger partial charge in [0, 0.05) is 12.1 Å². The summed E-state index contributed by atoms with van der Waals surface area (Å²) in [6.07, 6.45) is 0.949. The lowest BCUT2D eigenvalue weighted by atomic mass is 10.0. The summed E-state index contributed by atoms with van der Waals surface area (Å²) in [7, 11) is 0. The van der Waals surface area contributed by atoms with E-state index in [4.69, 9.17) is 11.6 Å². The zero-order chi connectivity index (χ0) is 17.0. The Morgan fingerprint density at radius 1 is 1.26 bits per heavy atom. The van der Waals surface area contributed by atoms with Crippen molar-refractivity contribution in [2.24, 2.45) is 0 Å². The molecule has 1 atom stereocenters. The predicted octanol–water partition coefficient (Wildman–Crippen LogP) is 4.30. The lowest BCUT2D eigenvalue weighted by Gasteiger charge is -2.15. The zero-order valence-electron chi connectivity index (χ0n) is 12.9. The van der Waals surface area contributed by atoms with E-state index in [1.54, 1.807) is 0 Å².